The Kier molecular flexibility index (Phi) is 3.07. The first-order valence-corrected chi connectivity index (χ1v) is 6.64. The van der Waals surface area contributed by atoms with E-state index in [-0.39, 0.29) is 5.91 Å². The van der Waals surface area contributed by atoms with Crippen molar-refractivity contribution >= 4 is 5.91 Å². The summed E-state index contributed by atoms with van der Waals surface area (Å²) in [5, 5.41) is 10.0. The standard InChI is InChI=1S/C15H17N3O/c1-10-5-7-11(8-6-10)9-16-15(19)14-12-3-2-4-13(12)17-18-14/h5-8H,2-4,9H2,1H3,(H,16,19)(H,17,18). The molecule has 0 atom stereocenters. The van der Waals surface area contributed by atoms with Gasteiger partial charge in [-0.2, -0.15) is 5.10 Å². The summed E-state index contributed by atoms with van der Waals surface area (Å²) in [6, 6.07) is 8.16. The van der Waals surface area contributed by atoms with Crippen molar-refractivity contribution in [3.63, 3.8) is 0 Å². The highest BCUT2D eigenvalue weighted by atomic mass is 16.1. The molecular formula is C15H17N3O. The highest BCUT2D eigenvalue weighted by Gasteiger charge is 2.22. The van der Waals surface area contributed by atoms with Crippen LogP contribution in [0.4, 0.5) is 0 Å². The molecule has 1 heterocycles. The number of rotatable bonds is 3. The predicted octanol–water partition coefficient (Wildman–Crippen LogP) is 2.14. The first kappa shape index (κ1) is 12.0. The fourth-order valence-corrected chi connectivity index (χ4v) is 2.48. The number of benzene rings is 1. The maximum atomic E-state index is 12.1. The van der Waals surface area contributed by atoms with Gasteiger partial charge in [0.2, 0.25) is 0 Å². The van der Waals surface area contributed by atoms with Crippen LogP contribution in [0.2, 0.25) is 0 Å². The van der Waals surface area contributed by atoms with E-state index in [2.05, 4.69) is 22.4 Å². The van der Waals surface area contributed by atoms with Crippen LogP contribution in [0.25, 0.3) is 0 Å². The number of carbonyl (C=O) groups excluding carboxylic acids is 1. The molecule has 0 bridgehead atoms. The van der Waals surface area contributed by atoms with E-state index in [0.29, 0.717) is 12.2 Å². The summed E-state index contributed by atoms with van der Waals surface area (Å²) >= 11 is 0. The molecule has 4 heteroatoms. The molecule has 98 valence electrons. The van der Waals surface area contributed by atoms with Gasteiger partial charge in [-0.1, -0.05) is 29.8 Å². The monoisotopic (exact) mass is 255 g/mol. The number of nitrogens with zero attached hydrogens (tertiary/aromatic N) is 1. The van der Waals surface area contributed by atoms with Gasteiger partial charge in [-0.25, -0.2) is 0 Å². The summed E-state index contributed by atoms with van der Waals surface area (Å²) in [5.41, 5.74) is 5.12. The van der Waals surface area contributed by atoms with Gasteiger partial charge in [-0.3, -0.25) is 9.89 Å². The molecule has 2 N–H and O–H groups in total. The van der Waals surface area contributed by atoms with E-state index >= 15 is 0 Å². The largest absolute Gasteiger partial charge is 0.347 e. The highest BCUT2D eigenvalue weighted by Crippen LogP contribution is 2.22. The molecule has 0 unspecified atom stereocenters. The fraction of sp³-hybridized carbons (Fsp3) is 0.333. The number of fused-ring (bicyclic) bond motifs is 1. The Morgan fingerprint density at radius 1 is 1.32 bits per heavy atom. The first-order chi connectivity index (χ1) is 9.24. The number of nitrogens with one attached hydrogen (secondary N) is 2. The molecule has 4 nitrogen and oxygen atoms in total. The van der Waals surface area contributed by atoms with Crippen molar-refractivity contribution in [3.05, 3.63) is 52.3 Å². The molecule has 19 heavy (non-hydrogen) atoms. The zero-order valence-electron chi connectivity index (χ0n) is 11.0. The maximum absolute atomic E-state index is 12.1. The third kappa shape index (κ3) is 2.38. The van der Waals surface area contributed by atoms with E-state index in [1.807, 2.05) is 24.3 Å². The Labute approximate surface area is 112 Å². The van der Waals surface area contributed by atoms with Crippen molar-refractivity contribution in [1.29, 1.82) is 0 Å². The zero-order valence-corrected chi connectivity index (χ0v) is 11.0. The zero-order chi connectivity index (χ0) is 13.2. The van der Waals surface area contributed by atoms with Gasteiger partial charge >= 0.3 is 0 Å². The summed E-state index contributed by atoms with van der Waals surface area (Å²) in [4.78, 5) is 12.1. The van der Waals surface area contributed by atoms with E-state index in [1.165, 1.54) is 5.56 Å². The van der Waals surface area contributed by atoms with Crippen LogP contribution in [0.3, 0.4) is 0 Å². The molecule has 0 aliphatic heterocycles. The summed E-state index contributed by atoms with van der Waals surface area (Å²) in [6.45, 7) is 2.59. The van der Waals surface area contributed by atoms with Crippen LogP contribution in [0.1, 0.15) is 39.3 Å². The van der Waals surface area contributed by atoms with Crippen LogP contribution in [0.5, 0.6) is 0 Å². The van der Waals surface area contributed by atoms with Crippen LogP contribution in [0.15, 0.2) is 24.3 Å². The lowest BCUT2D eigenvalue weighted by Crippen LogP contribution is -2.24. The van der Waals surface area contributed by atoms with Gasteiger partial charge in [0.15, 0.2) is 5.69 Å². The van der Waals surface area contributed by atoms with Gasteiger partial charge in [0.05, 0.1) is 0 Å². The number of aromatic amines is 1. The number of H-pyrrole nitrogens is 1. The minimum absolute atomic E-state index is 0.0834. The Bertz CT molecular complexity index is 598. The van der Waals surface area contributed by atoms with Gasteiger partial charge in [-0.05, 0) is 31.7 Å². The summed E-state index contributed by atoms with van der Waals surface area (Å²) in [5.74, 6) is -0.0834. The second kappa shape index (κ2) is 4.88. The SMILES string of the molecule is Cc1ccc(CNC(=O)c2n[nH]c3c2CCC3)cc1. The Morgan fingerprint density at radius 3 is 2.89 bits per heavy atom. The fourth-order valence-electron chi connectivity index (χ4n) is 2.48. The average molecular weight is 255 g/mol. The van der Waals surface area contributed by atoms with Crippen molar-refractivity contribution < 1.29 is 4.79 Å². The molecule has 0 radical (unpaired) electrons. The lowest BCUT2D eigenvalue weighted by atomic mass is 10.1. The molecule has 1 aromatic heterocycles. The van der Waals surface area contributed by atoms with Crippen molar-refractivity contribution in [3.8, 4) is 0 Å². The van der Waals surface area contributed by atoms with Crippen molar-refractivity contribution in [2.75, 3.05) is 0 Å². The van der Waals surface area contributed by atoms with E-state index in [4.69, 9.17) is 0 Å². The lowest BCUT2D eigenvalue weighted by molar-refractivity contribution is 0.0945. The Hall–Kier alpha value is -2.10. The summed E-state index contributed by atoms with van der Waals surface area (Å²) in [6.07, 6.45) is 3.08. The molecule has 1 aromatic carbocycles. The van der Waals surface area contributed by atoms with Gasteiger partial charge < -0.3 is 5.32 Å². The van der Waals surface area contributed by atoms with Crippen molar-refractivity contribution in [2.24, 2.45) is 0 Å². The molecular weight excluding hydrogens is 238 g/mol. The number of hydrogen-bond donors (Lipinski definition) is 2. The topological polar surface area (TPSA) is 57.8 Å². The molecule has 0 spiro atoms. The lowest BCUT2D eigenvalue weighted by Gasteiger charge is -2.05. The highest BCUT2D eigenvalue weighted by molar-refractivity contribution is 5.94. The normalized spacial score (nSPS) is 13.3. The Morgan fingerprint density at radius 2 is 2.11 bits per heavy atom. The quantitative estimate of drug-likeness (QED) is 0.882. The van der Waals surface area contributed by atoms with Gasteiger partial charge in [0, 0.05) is 17.8 Å². The van der Waals surface area contributed by atoms with E-state index < -0.39 is 0 Å². The molecule has 0 saturated heterocycles. The molecule has 1 aliphatic carbocycles. The van der Waals surface area contributed by atoms with Crippen LogP contribution in [-0.4, -0.2) is 16.1 Å². The predicted molar refractivity (Wildman–Crippen MR) is 73.0 cm³/mol. The second-order valence-corrected chi connectivity index (χ2v) is 5.05. The number of amides is 1. The van der Waals surface area contributed by atoms with Crippen LogP contribution in [0, 0.1) is 6.92 Å². The number of aromatic nitrogens is 2. The summed E-state index contributed by atoms with van der Waals surface area (Å²) in [7, 11) is 0. The van der Waals surface area contributed by atoms with Crippen LogP contribution in [-0.2, 0) is 19.4 Å². The van der Waals surface area contributed by atoms with E-state index in [1.54, 1.807) is 0 Å². The minimum atomic E-state index is -0.0834. The van der Waals surface area contributed by atoms with E-state index in [9.17, 15) is 4.79 Å². The number of hydrogen-bond acceptors (Lipinski definition) is 2. The number of carbonyl (C=O) groups is 1. The number of aryl methyl sites for hydroxylation is 2. The van der Waals surface area contributed by atoms with Gasteiger partial charge in [-0.15, -0.1) is 0 Å². The molecule has 1 aliphatic rings. The van der Waals surface area contributed by atoms with Crippen LogP contribution < -0.4 is 5.32 Å². The molecule has 1 amide bonds. The molecule has 2 aromatic rings. The third-order valence-corrected chi connectivity index (χ3v) is 3.60. The molecule has 3 rings (SSSR count). The van der Waals surface area contributed by atoms with Gasteiger partial charge in [0.25, 0.3) is 5.91 Å². The van der Waals surface area contributed by atoms with Crippen molar-refractivity contribution in [2.45, 2.75) is 32.7 Å². The molecule has 0 fully saturated rings. The first-order valence-electron chi connectivity index (χ1n) is 6.64. The average Bonchev–Trinajstić information content (AvgIpc) is 3.00. The Balaban J connectivity index is 1.66. The summed E-state index contributed by atoms with van der Waals surface area (Å²) < 4.78 is 0. The third-order valence-electron chi connectivity index (χ3n) is 3.60. The van der Waals surface area contributed by atoms with E-state index in [0.717, 1.165) is 36.1 Å². The smallest absolute Gasteiger partial charge is 0.272 e. The van der Waals surface area contributed by atoms with Crippen LogP contribution >= 0.6 is 0 Å². The van der Waals surface area contributed by atoms with Crippen molar-refractivity contribution in [1.82, 2.24) is 15.5 Å². The second-order valence-electron chi connectivity index (χ2n) is 5.05. The maximum Gasteiger partial charge on any atom is 0.272 e. The minimum Gasteiger partial charge on any atom is -0.347 e. The van der Waals surface area contributed by atoms with Gasteiger partial charge in [0.1, 0.15) is 0 Å². The molecule has 0 saturated carbocycles.